The first-order chi connectivity index (χ1) is 9.65. The van der Waals surface area contributed by atoms with E-state index in [0.717, 1.165) is 48.0 Å². The fraction of sp³-hybridized carbons (Fsp3) is 0.625. The van der Waals surface area contributed by atoms with E-state index in [4.69, 9.17) is 27.9 Å². The van der Waals surface area contributed by atoms with Gasteiger partial charge in [-0.15, -0.1) is 0 Å². The normalized spacial score (nSPS) is 24.0. The zero-order chi connectivity index (χ0) is 14.5. The zero-order valence-corrected chi connectivity index (χ0v) is 13.7. The van der Waals surface area contributed by atoms with Gasteiger partial charge in [0.15, 0.2) is 0 Å². The molecule has 3 unspecified atom stereocenters. The molecule has 1 heterocycles. The first-order valence-corrected chi connectivity index (χ1v) is 8.20. The van der Waals surface area contributed by atoms with Gasteiger partial charge in [0.25, 0.3) is 0 Å². The lowest BCUT2D eigenvalue weighted by Gasteiger charge is -2.28. The number of hydrogen-bond acceptors (Lipinski definition) is 2. The molecule has 0 saturated carbocycles. The SMILES string of the molecule is CCNC(Cc1cc(Cl)ccc1Cl)C1CCOC1CC. The molecule has 2 nitrogen and oxygen atoms in total. The van der Waals surface area contributed by atoms with E-state index in [9.17, 15) is 0 Å². The van der Waals surface area contributed by atoms with Crippen molar-refractivity contribution < 1.29 is 4.74 Å². The molecule has 4 heteroatoms. The van der Waals surface area contributed by atoms with E-state index >= 15 is 0 Å². The van der Waals surface area contributed by atoms with Crippen molar-refractivity contribution in [1.82, 2.24) is 5.32 Å². The van der Waals surface area contributed by atoms with Crippen LogP contribution in [0.25, 0.3) is 0 Å². The summed E-state index contributed by atoms with van der Waals surface area (Å²) in [6, 6.07) is 6.09. The molecule has 1 aromatic carbocycles. The average molecular weight is 316 g/mol. The number of halogens is 2. The first-order valence-electron chi connectivity index (χ1n) is 7.44. The van der Waals surface area contributed by atoms with Gasteiger partial charge in [-0.1, -0.05) is 37.0 Å². The van der Waals surface area contributed by atoms with Crippen LogP contribution in [0.4, 0.5) is 0 Å². The van der Waals surface area contributed by atoms with E-state index < -0.39 is 0 Å². The molecule has 0 radical (unpaired) electrons. The van der Waals surface area contributed by atoms with Gasteiger partial charge < -0.3 is 10.1 Å². The zero-order valence-electron chi connectivity index (χ0n) is 12.2. The maximum Gasteiger partial charge on any atom is 0.0616 e. The second-order valence-electron chi connectivity index (χ2n) is 5.37. The summed E-state index contributed by atoms with van der Waals surface area (Å²) in [6.45, 7) is 6.16. The molecule has 1 aliphatic rings. The molecule has 1 fully saturated rings. The Kier molecular flexibility index (Phi) is 6.16. The standard InChI is InChI=1S/C16H23Cl2NO/c1-3-16-13(7-8-20-16)15(19-4-2)10-11-9-12(17)5-6-14(11)18/h5-6,9,13,15-16,19H,3-4,7-8,10H2,1-2H3. The quantitative estimate of drug-likeness (QED) is 0.843. The second-order valence-corrected chi connectivity index (χ2v) is 6.22. The maximum atomic E-state index is 6.30. The van der Waals surface area contributed by atoms with E-state index in [-0.39, 0.29) is 0 Å². The van der Waals surface area contributed by atoms with Crippen molar-refractivity contribution in [1.29, 1.82) is 0 Å². The summed E-state index contributed by atoms with van der Waals surface area (Å²) >= 11 is 12.4. The minimum atomic E-state index is 0.358. The number of nitrogens with one attached hydrogen (secondary N) is 1. The maximum absolute atomic E-state index is 6.30. The molecule has 0 bridgehead atoms. The summed E-state index contributed by atoms with van der Waals surface area (Å²) in [5.74, 6) is 0.551. The Morgan fingerprint density at radius 1 is 1.35 bits per heavy atom. The molecule has 1 aliphatic heterocycles. The van der Waals surface area contributed by atoms with Gasteiger partial charge in [0, 0.05) is 28.6 Å². The lowest BCUT2D eigenvalue weighted by atomic mass is 9.87. The molecule has 0 aliphatic carbocycles. The van der Waals surface area contributed by atoms with Crippen molar-refractivity contribution >= 4 is 23.2 Å². The lowest BCUT2D eigenvalue weighted by Crippen LogP contribution is -2.41. The number of likely N-dealkylation sites (N-methyl/N-ethyl adjacent to an activating group) is 1. The predicted octanol–water partition coefficient (Wildman–Crippen LogP) is 4.33. The Bertz CT molecular complexity index is 438. The van der Waals surface area contributed by atoms with Crippen molar-refractivity contribution in [2.75, 3.05) is 13.2 Å². The Morgan fingerprint density at radius 2 is 2.15 bits per heavy atom. The van der Waals surface area contributed by atoms with Gasteiger partial charge >= 0.3 is 0 Å². The summed E-state index contributed by atoms with van der Waals surface area (Å²) < 4.78 is 5.83. The third-order valence-electron chi connectivity index (χ3n) is 4.09. The van der Waals surface area contributed by atoms with Crippen LogP contribution < -0.4 is 5.32 Å². The van der Waals surface area contributed by atoms with Gasteiger partial charge in [0.1, 0.15) is 0 Å². The van der Waals surface area contributed by atoms with E-state index in [1.807, 2.05) is 18.2 Å². The molecule has 2 rings (SSSR count). The summed E-state index contributed by atoms with van der Waals surface area (Å²) in [5.41, 5.74) is 1.12. The van der Waals surface area contributed by atoms with Crippen LogP contribution in [0.1, 0.15) is 32.3 Å². The Morgan fingerprint density at radius 3 is 2.85 bits per heavy atom. The topological polar surface area (TPSA) is 21.3 Å². The minimum Gasteiger partial charge on any atom is -0.378 e. The summed E-state index contributed by atoms with van der Waals surface area (Å²) in [6.07, 6.45) is 3.44. The van der Waals surface area contributed by atoms with E-state index in [2.05, 4.69) is 19.2 Å². The highest BCUT2D eigenvalue weighted by Gasteiger charge is 2.33. The molecule has 1 saturated heterocycles. The van der Waals surface area contributed by atoms with Gasteiger partial charge in [0.2, 0.25) is 0 Å². The van der Waals surface area contributed by atoms with Crippen LogP contribution in [0.2, 0.25) is 10.0 Å². The van der Waals surface area contributed by atoms with Crippen molar-refractivity contribution in [2.24, 2.45) is 5.92 Å². The number of ether oxygens (including phenoxy) is 1. The Hall–Kier alpha value is -0.280. The van der Waals surface area contributed by atoms with Crippen molar-refractivity contribution in [3.63, 3.8) is 0 Å². The van der Waals surface area contributed by atoms with Gasteiger partial charge in [0.05, 0.1) is 6.10 Å². The molecular weight excluding hydrogens is 293 g/mol. The first kappa shape index (κ1) is 16.1. The summed E-state index contributed by atoms with van der Waals surface area (Å²) in [4.78, 5) is 0. The largest absolute Gasteiger partial charge is 0.378 e. The van der Waals surface area contributed by atoms with Crippen LogP contribution in [0, 0.1) is 5.92 Å². The highest BCUT2D eigenvalue weighted by molar-refractivity contribution is 6.33. The van der Waals surface area contributed by atoms with Crippen LogP contribution in [0.15, 0.2) is 18.2 Å². The van der Waals surface area contributed by atoms with Crippen LogP contribution in [0.3, 0.4) is 0 Å². The van der Waals surface area contributed by atoms with Crippen LogP contribution in [-0.4, -0.2) is 25.3 Å². The average Bonchev–Trinajstić information content (AvgIpc) is 2.90. The smallest absolute Gasteiger partial charge is 0.0616 e. The number of rotatable bonds is 6. The molecule has 112 valence electrons. The van der Waals surface area contributed by atoms with Crippen LogP contribution in [0.5, 0.6) is 0 Å². The lowest BCUT2D eigenvalue weighted by molar-refractivity contribution is 0.0776. The molecule has 20 heavy (non-hydrogen) atoms. The highest BCUT2D eigenvalue weighted by Crippen LogP contribution is 2.30. The summed E-state index contributed by atoms with van der Waals surface area (Å²) in [7, 11) is 0. The number of benzene rings is 1. The molecule has 3 atom stereocenters. The van der Waals surface area contributed by atoms with E-state index in [1.54, 1.807) is 0 Å². The third kappa shape index (κ3) is 3.88. The molecular formula is C16H23Cl2NO. The molecule has 0 aromatic heterocycles. The van der Waals surface area contributed by atoms with Crippen LogP contribution in [-0.2, 0) is 11.2 Å². The molecule has 0 spiro atoms. The van der Waals surface area contributed by atoms with Crippen LogP contribution >= 0.6 is 23.2 Å². The van der Waals surface area contributed by atoms with E-state index in [0.29, 0.717) is 18.1 Å². The Labute approximate surface area is 131 Å². The van der Waals surface area contributed by atoms with Crippen molar-refractivity contribution in [3.05, 3.63) is 33.8 Å². The van der Waals surface area contributed by atoms with Crippen molar-refractivity contribution in [2.45, 2.75) is 45.3 Å². The third-order valence-corrected chi connectivity index (χ3v) is 4.70. The van der Waals surface area contributed by atoms with Gasteiger partial charge in [-0.25, -0.2) is 0 Å². The fourth-order valence-electron chi connectivity index (χ4n) is 3.12. The Balaban J connectivity index is 2.14. The summed E-state index contributed by atoms with van der Waals surface area (Å²) in [5, 5.41) is 5.14. The highest BCUT2D eigenvalue weighted by atomic mass is 35.5. The number of hydrogen-bond donors (Lipinski definition) is 1. The fourth-order valence-corrected chi connectivity index (χ4v) is 3.51. The van der Waals surface area contributed by atoms with Crippen molar-refractivity contribution in [3.8, 4) is 0 Å². The second kappa shape index (κ2) is 7.65. The molecule has 1 aromatic rings. The molecule has 0 amide bonds. The molecule has 1 N–H and O–H groups in total. The van der Waals surface area contributed by atoms with Gasteiger partial charge in [-0.3, -0.25) is 0 Å². The van der Waals surface area contributed by atoms with E-state index in [1.165, 1.54) is 0 Å². The minimum absolute atomic E-state index is 0.358. The van der Waals surface area contributed by atoms with Gasteiger partial charge in [-0.2, -0.15) is 0 Å². The van der Waals surface area contributed by atoms with Gasteiger partial charge in [-0.05, 0) is 49.6 Å². The predicted molar refractivity (Wildman–Crippen MR) is 85.8 cm³/mol. The monoisotopic (exact) mass is 315 g/mol.